The van der Waals surface area contributed by atoms with Crippen molar-refractivity contribution in [3.63, 3.8) is 0 Å². The lowest BCUT2D eigenvalue weighted by Gasteiger charge is -2.25. The van der Waals surface area contributed by atoms with Gasteiger partial charge in [0.15, 0.2) is 0 Å². The van der Waals surface area contributed by atoms with E-state index in [9.17, 15) is 5.11 Å². The molecule has 0 radical (unpaired) electrons. The maximum absolute atomic E-state index is 10.7. The molecule has 1 aliphatic rings. The van der Waals surface area contributed by atoms with Gasteiger partial charge < -0.3 is 10.5 Å². The third kappa shape index (κ3) is 6.93. The molecular formula is C28H40N2O. The maximum Gasteiger partial charge on any atom is 0.125 e. The van der Waals surface area contributed by atoms with Gasteiger partial charge in [-0.2, -0.15) is 0 Å². The second kappa shape index (κ2) is 9.99. The van der Waals surface area contributed by atoms with Crippen molar-refractivity contribution in [3.8, 4) is 5.75 Å². The summed E-state index contributed by atoms with van der Waals surface area (Å²) in [5, 5.41) is 21.4. The molecule has 3 rings (SSSR count). The lowest BCUT2D eigenvalue weighted by molar-refractivity contribution is 0.299. The van der Waals surface area contributed by atoms with Crippen molar-refractivity contribution in [1.29, 1.82) is 5.41 Å². The van der Waals surface area contributed by atoms with Gasteiger partial charge in [-0.15, -0.1) is 0 Å². The van der Waals surface area contributed by atoms with Gasteiger partial charge in [0.1, 0.15) is 5.75 Å². The van der Waals surface area contributed by atoms with E-state index in [4.69, 9.17) is 5.41 Å². The van der Waals surface area contributed by atoms with E-state index < -0.39 is 0 Å². The predicted molar refractivity (Wildman–Crippen MR) is 133 cm³/mol. The van der Waals surface area contributed by atoms with E-state index in [0.29, 0.717) is 23.1 Å². The summed E-state index contributed by atoms with van der Waals surface area (Å²) < 4.78 is 0. The van der Waals surface area contributed by atoms with Crippen LogP contribution < -0.4 is 0 Å². The first kappa shape index (κ1) is 23.5. The lowest BCUT2D eigenvalue weighted by Crippen LogP contribution is -2.18. The van der Waals surface area contributed by atoms with Crippen LogP contribution in [0.5, 0.6) is 5.75 Å². The van der Waals surface area contributed by atoms with E-state index in [1.807, 2.05) is 18.2 Å². The zero-order valence-electron chi connectivity index (χ0n) is 20.0. The Morgan fingerprint density at radius 2 is 1.81 bits per heavy atom. The Hall–Kier alpha value is -2.13. The van der Waals surface area contributed by atoms with E-state index >= 15 is 0 Å². The molecule has 2 aromatic rings. The molecule has 3 nitrogen and oxygen atoms in total. The molecule has 2 aromatic carbocycles. The summed E-state index contributed by atoms with van der Waals surface area (Å²) in [6, 6.07) is 10.3. The molecule has 0 bridgehead atoms. The number of rotatable bonds is 8. The molecule has 0 saturated carbocycles. The van der Waals surface area contributed by atoms with Crippen LogP contribution >= 0.6 is 0 Å². The fourth-order valence-corrected chi connectivity index (χ4v) is 4.79. The lowest BCUT2D eigenvalue weighted by atomic mass is 9.81. The van der Waals surface area contributed by atoms with E-state index in [1.54, 1.807) is 0 Å². The Labute approximate surface area is 188 Å². The van der Waals surface area contributed by atoms with Crippen LogP contribution in [0.4, 0.5) is 0 Å². The van der Waals surface area contributed by atoms with Crippen molar-refractivity contribution in [2.24, 2.45) is 17.3 Å². The summed E-state index contributed by atoms with van der Waals surface area (Å²) in [7, 11) is 0. The minimum Gasteiger partial charge on any atom is -0.507 e. The number of phenols is 1. The number of aromatic hydroxyl groups is 1. The number of hydrogen-bond acceptors (Lipinski definition) is 3. The van der Waals surface area contributed by atoms with Crippen molar-refractivity contribution in [1.82, 2.24) is 4.90 Å². The van der Waals surface area contributed by atoms with E-state index in [1.165, 1.54) is 31.5 Å². The number of benzene rings is 2. The minimum atomic E-state index is 0.191. The highest BCUT2D eigenvalue weighted by molar-refractivity contribution is 6.10. The molecule has 2 N–H and O–H groups in total. The number of phenolic OH excluding ortho intramolecular Hbond substituents is 1. The molecule has 1 heterocycles. The molecule has 1 saturated heterocycles. The van der Waals surface area contributed by atoms with E-state index in [2.05, 4.69) is 63.8 Å². The average Bonchev–Trinajstić information content (AvgIpc) is 3.16. The summed E-state index contributed by atoms with van der Waals surface area (Å²) >= 11 is 0. The SMILES string of the molecule is CC(C)CC(/C=C\C(=N)c1cc2ccc(CN3CCCC3)cc2cc1O)CC(C)(C)C. The largest absolute Gasteiger partial charge is 0.507 e. The van der Waals surface area contributed by atoms with Crippen molar-refractivity contribution < 1.29 is 5.11 Å². The second-order valence-electron chi connectivity index (χ2n) is 11.0. The van der Waals surface area contributed by atoms with Gasteiger partial charge in [-0.1, -0.05) is 52.8 Å². The Kier molecular flexibility index (Phi) is 7.59. The number of hydrogen-bond donors (Lipinski definition) is 2. The predicted octanol–water partition coefficient (Wildman–Crippen LogP) is 7.16. The van der Waals surface area contributed by atoms with E-state index in [0.717, 1.165) is 30.2 Å². The highest BCUT2D eigenvalue weighted by atomic mass is 16.3. The molecule has 0 spiro atoms. The molecule has 0 amide bonds. The van der Waals surface area contributed by atoms with Gasteiger partial charge in [0.2, 0.25) is 0 Å². The van der Waals surface area contributed by atoms with Crippen molar-refractivity contribution in [3.05, 3.63) is 53.6 Å². The molecule has 0 aromatic heterocycles. The van der Waals surface area contributed by atoms with Gasteiger partial charge in [-0.25, -0.2) is 0 Å². The van der Waals surface area contributed by atoms with Gasteiger partial charge >= 0.3 is 0 Å². The quantitative estimate of drug-likeness (QED) is 0.445. The van der Waals surface area contributed by atoms with Crippen molar-refractivity contribution in [2.45, 2.75) is 66.8 Å². The first-order valence-corrected chi connectivity index (χ1v) is 11.9. The second-order valence-corrected chi connectivity index (χ2v) is 11.0. The van der Waals surface area contributed by atoms with Gasteiger partial charge in [0, 0.05) is 12.1 Å². The monoisotopic (exact) mass is 420 g/mol. The third-order valence-corrected chi connectivity index (χ3v) is 6.10. The number of nitrogens with zero attached hydrogens (tertiary/aromatic N) is 1. The van der Waals surface area contributed by atoms with Gasteiger partial charge in [-0.05, 0) is 96.6 Å². The van der Waals surface area contributed by atoms with Crippen LogP contribution in [0.2, 0.25) is 0 Å². The number of likely N-dealkylation sites (tertiary alicyclic amines) is 1. The fourth-order valence-electron chi connectivity index (χ4n) is 4.79. The van der Waals surface area contributed by atoms with Crippen LogP contribution in [0.15, 0.2) is 42.5 Å². The molecule has 3 heteroatoms. The summed E-state index contributed by atoms with van der Waals surface area (Å²) in [5.41, 5.74) is 2.53. The number of allylic oxidation sites excluding steroid dienone is 2. The van der Waals surface area contributed by atoms with E-state index in [-0.39, 0.29) is 11.2 Å². The Morgan fingerprint density at radius 3 is 2.45 bits per heavy atom. The normalized spacial score (nSPS) is 16.6. The Bertz CT molecular complexity index is 930. The smallest absolute Gasteiger partial charge is 0.125 e. The first-order valence-electron chi connectivity index (χ1n) is 11.9. The Morgan fingerprint density at radius 1 is 1.10 bits per heavy atom. The summed E-state index contributed by atoms with van der Waals surface area (Å²) in [4.78, 5) is 2.49. The third-order valence-electron chi connectivity index (χ3n) is 6.10. The van der Waals surface area contributed by atoms with Crippen molar-refractivity contribution >= 4 is 16.5 Å². The molecule has 1 fully saturated rings. The van der Waals surface area contributed by atoms with Crippen molar-refractivity contribution in [2.75, 3.05) is 13.1 Å². The summed E-state index contributed by atoms with van der Waals surface area (Å²) in [5.74, 6) is 1.25. The van der Waals surface area contributed by atoms with Gasteiger partial charge in [-0.3, -0.25) is 4.90 Å². The van der Waals surface area contributed by atoms with Crippen LogP contribution in [-0.2, 0) is 6.54 Å². The minimum absolute atomic E-state index is 0.191. The van der Waals surface area contributed by atoms with Crippen LogP contribution in [0.3, 0.4) is 0 Å². The van der Waals surface area contributed by atoms with Crippen LogP contribution in [0.1, 0.15) is 71.4 Å². The first-order chi connectivity index (χ1) is 14.6. The maximum atomic E-state index is 10.7. The highest BCUT2D eigenvalue weighted by Crippen LogP contribution is 2.31. The molecule has 0 aliphatic carbocycles. The summed E-state index contributed by atoms with van der Waals surface area (Å²) in [6.45, 7) is 14.6. The average molecular weight is 421 g/mol. The Balaban J connectivity index is 1.77. The van der Waals surface area contributed by atoms with Crippen LogP contribution in [-0.4, -0.2) is 28.8 Å². The topological polar surface area (TPSA) is 47.3 Å². The zero-order chi connectivity index (χ0) is 22.6. The van der Waals surface area contributed by atoms with Gasteiger partial charge in [0.05, 0.1) is 5.71 Å². The molecule has 1 aliphatic heterocycles. The summed E-state index contributed by atoms with van der Waals surface area (Å²) in [6.07, 6.45) is 8.86. The molecule has 31 heavy (non-hydrogen) atoms. The molecular weight excluding hydrogens is 380 g/mol. The van der Waals surface area contributed by atoms with Crippen LogP contribution in [0.25, 0.3) is 10.8 Å². The zero-order valence-corrected chi connectivity index (χ0v) is 20.0. The molecule has 1 atom stereocenters. The highest BCUT2D eigenvalue weighted by Gasteiger charge is 2.18. The van der Waals surface area contributed by atoms with Gasteiger partial charge in [0.25, 0.3) is 0 Å². The molecule has 1 unspecified atom stereocenters. The van der Waals surface area contributed by atoms with Crippen LogP contribution in [0, 0.1) is 22.7 Å². The number of fused-ring (bicyclic) bond motifs is 1. The molecule has 168 valence electrons. The number of nitrogens with one attached hydrogen (secondary N) is 1. The fraction of sp³-hybridized carbons (Fsp3) is 0.536. The standard InChI is InChI=1S/C28H40N2O/c1-20(2)14-21(18-28(3,4)5)9-11-26(29)25-16-23-10-8-22(15-24(23)17-27(25)31)19-30-12-6-7-13-30/h8-11,15-17,20-21,29,31H,6-7,12-14,18-19H2,1-5H3/b11-9-,29-26?.